The lowest BCUT2D eigenvalue weighted by Gasteiger charge is -2.14. The third-order valence-electron chi connectivity index (χ3n) is 9.45. The van der Waals surface area contributed by atoms with Gasteiger partial charge in [-0.2, -0.15) is 0 Å². The Hall–Kier alpha value is -1.57. The zero-order valence-electron chi connectivity index (χ0n) is 28.4. The molecule has 2 aromatic rings. The van der Waals surface area contributed by atoms with Crippen molar-refractivity contribution in [2.24, 2.45) is 0 Å². The van der Waals surface area contributed by atoms with Gasteiger partial charge in [0.1, 0.15) is 12.4 Å². The van der Waals surface area contributed by atoms with Gasteiger partial charge in [0.2, 0.25) is 0 Å². The van der Waals surface area contributed by atoms with Crippen molar-refractivity contribution < 1.29 is 4.57 Å². The summed E-state index contributed by atoms with van der Waals surface area (Å²) in [5.74, 6) is 2.19. The van der Waals surface area contributed by atoms with E-state index < -0.39 is 0 Å². The number of aromatic nitrogens is 2. The lowest BCUT2D eigenvalue weighted by Crippen LogP contribution is -2.37. The molecule has 0 aliphatic heterocycles. The van der Waals surface area contributed by atoms with Gasteiger partial charge in [-0.1, -0.05) is 192 Å². The molecule has 1 atom stereocenters. The summed E-state index contributed by atoms with van der Waals surface area (Å²) in [5.41, 5.74) is 1.46. The topological polar surface area (TPSA) is 19.7 Å². The number of H-pyrrole nitrogens is 1. The van der Waals surface area contributed by atoms with Crippen molar-refractivity contribution in [2.75, 3.05) is 0 Å². The second-order valence-corrected chi connectivity index (χ2v) is 13.3. The molecule has 0 unspecified atom stereocenters. The molecule has 1 aromatic heterocycles. The van der Waals surface area contributed by atoms with Gasteiger partial charge in [0.25, 0.3) is 5.82 Å². The van der Waals surface area contributed by atoms with Crippen LogP contribution in [0.4, 0.5) is 0 Å². The summed E-state index contributed by atoms with van der Waals surface area (Å²) in [7, 11) is 0. The van der Waals surface area contributed by atoms with Crippen molar-refractivity contribution in [3.63, 3.8) is 0 Å². The minimum absolute atomic E-state index is 0.694. The van der Waals surface area contributed by atoms with Crippen LogP contribution in [0.3, 0.4) is 0 Å². The highest BCUT2D eigenvalue weighted by atomic mass is 15.1. The Morgan fingerprint density at radius 2 is 0.952 bits per heavy atom. The molecule has 0 amide bonds. The Morgan fingerprint density at radius 3 is 1.40 bits per heavy atom. The van der Waals surface area contributed by atoms with E-state index in [4.69, 9.17) is 0 Å². The van der Waals surface area contributed by atoms with Crippen LogP contribution in [-0.4, -0.2) is 4.98 Å². The van der Waals surface area contributed by atoms with Gasteiger partial charge in [0.05, 0.1) is 12.5 Å². The Bertz CT molecular complexity index is 810. The molecule has 0 saturated carbocycles. The number of unbranched alkanes of at least 4 members (excludes halogenated alkanes) is 21. The van der Waals surface area contributed by atoms with Crippen LogP contribution < -0.4 is 4.57 Å². The van der Waals surface area contributed by atoms with Crippen LogP contribution in [0.15, 0.2) is 42.7 Å². The lowest BCUT2D eigenvalue weighted by molar-refractivity contribution is -0.704. The molecule has 0 spiro atoms. The number of nitrogens with one attached hydrogen (secondary N) is 1. The van der Waals surface area contributed by atoms with Gasteiger partial charge in [0, 0.05) is 0 Å². The van der Waals surface area contributed by atoms with Crippen LogP contribution in [0.2, 0.25) is 0 Å². The van der Waals surface area contributed by atoms with Gasteiger partial charge in [-0.25, -0.2) is 9.55 Å². The second-order valence-electron chi connectivity index (χ2n) is 13.3. The average Bonchev–Trinajstić information content (AvgIpc) is 3.48. The molecule has 0 fully saturated rings. The van der Waals surface area contributed by atoms with Crippen LogP contribution in [0.25, 0.3) is 0 Å². The molecule has 1 heterocycles. The number of hydrogen-bond acceptors (Lipinski definition) is 0. The van der Waals surface area contributed by atoms with Crippen molar-refractivity contribution >= 4 is 0 Å². The van der Waals surface area contributed by atoms with Crippen LogP contribution >= 0.6 is 0 Å². The summed E-state index contributed by atoms with van der Waals surface area (Å²) in [5, 5.41) is 0. The summed E-state index contributed by atoms with van der Waals surface area (Å²) in [6.07, 6.45) is 42.5. The molecule has 0 aliphatic carbocycles. The first-order valence-corrected chi connectivity index (χ1v) is 19.0. The Kier molecular flexibility index (Phi) is 23.6. The Morgan fingerprint density at radius 1 is 0.524 bits per heavy atom. The van der Waals surface area contributed by atoms with E-state index in [1.165, 1.54) is 185 Å². The van der Waals surface area contributed by atoms with Gasteiger partial charge in [-0.05, 0) is 31.2 Å². The molecule has 240 valence electrons. The van der Waals surface area contributed by atoms with Crippen molar-refractivity contribution in [3.05, 3.63) is 54.1 Å². The minimum atomic E-state index is 0.694. The molecule has 0 bridgehead atoms. The van der Waals surface area contributed by atoms with Crippen LogP contribution in [-0.2, 0) is 13.0 Å². The number of hydrogen-bond donors (Lipinski definition) is 1. The monoisotopic (exact) mass is 580 g/mol. The molecule has 1 N–H and O–H groups in total. The van der Waals surface area contributed by atoms with E-state index >= 15 is 0 Å². The number of benzene rings is 1. The van der Waals surface area contributed by atoms with Gasteiger partial charge in [0.15, 0.2) is 0 Å². The lowest BCUT2D eigenvalue weighted by atomic mass is 9.93. The Labute approximate surface area is 262 Å². The van der Waals surface area contributed by atoms with Gasteiger partial charge in [-0.15, -0.1) is 0 Å². The van der Waals surface area contributed by atoms with Gasteiger partial charge < -0.3 is 0 Å². The standard InChI is InChI=1S/C40H70N2/c1-3-5-7-9-11-12-13-14-15-16-17-18-19-21-23-28-34-39(33-27-22-20-10-8-6-4-2)40-41-35-37-42(40)36-29-32-38-30-25-24-26-31-38/h24-26,30-31,35,37,39H,3-23,27-29,32-34,36H2,1-2H3/p+1/t39-/m0/s1. The molecule has 2 nitrogen and oxygen atoms in total. The SMILES string of the molecule is CCCCCCCCCCCCCCCCCC[C@H](CCCCCCCCC)c1[nH]cc[n+]1CCCc1ccccc1. The fourth-order valence-electron chi connectivity index (χ4n) is 6.73. The van der Waals surface area contributed by atoms with Crippen molar-refractivity contribution in [3.8, 4) is 0 Å². The molecule has 0 aliphatic rings. The number of nitrogens with zero attached hydrogens (tertiary/aromatic N) is 1. The van der Waals surface area contributed by atoms with Crippen molar-refractivity contribution in [1.29, 1.82) is 0 Å². The van der Waals surface area contributed by atoms with E-state index in [-0.39, 0.29) is 0 Å². The minimum Gasteiger partial charge on any atom is -0.247 e. The maximum Gasteiger partial charge on any atom is 0.257 e. The molecule has 42 heavy (non-hydrogen) atoms. The summed E-state index contributed by atoms with van der Waals surface area (Å²) in [6, 6.07) is 11.0. The van der Waals surface area contributed by atoms with Gasteiger partial charge >= 0.3 is 0 Å². The number of rotatable bonds is 30. The van der Waals surface area contributed by atoms with E-state index in [0.29, 0.717) is 5.92 Å². The molecule has 2 rings (SSSR count). The third-order valence-corrected chi connectivity index (χ3v) is 9.45. The van der Waals surface area contributed by atoms with E-state index in [1.807, 2.05) is 0 Å². The zero-order chi connectivity index (χ0) is 29.8. The summed E-state index contributed by atoms with van der Waals surface area (Å²) in [6.45, 7) is 5.75. The Balaban J connectivity index is 1.62. The maximum atomic E-state index is 3.69. The summed E-state index contributed by atoms with van der Waals surface area (Å²) in [4.78, 5) is 3.69. The normalized spacial score (nSPS) is 12.2. The number of aromatic amines is 1. The average molecular weight is 580 g/mol. The summed E-state index contributed by atoms with van der Waals surface area (Å²) >= 11 is 0. The molecular formula is C40H71N2+. The molecule has 0 saturated heterocycles. The first-order chi connectivity index (χ1) is 20.8. The van der Waals surface area contributed by atoms with E-state index in [1.54, 1.807) is 0 Å². The molecule has 2 heteroatoms. The smallest absolute Gasteiger partial charge is 0.247 e. The maximum absolute atomic E-state index is 3.69. The first-order valence-electron chi connectivity index (χ1n) is 19.0. The zero-order valence-corrected chi connectivity index (χ0v) is 28.4. The number of imidazole rings is 1. The summed E-state index contributed by atoms with van der Waals surface area (Å²) < 4.78 is 2.54. The first kappa shape index (κ1) is 36.6. The highest BCUT2D eigenvalue weighted by Crippen LogP contribution is 2.26. The highest BCUT2D eigenvalue weighted by molar-refractivity contribution is 5.14. The molecular weight excluding hydrogens is 508 g/mol. The second kappa shape index (κ2) is 27.0. The van der Waals surface area contributed by atoms with E-state index in [0.717, 1.165) is 6.54 Å². The number of aryl methyl sites for hydroxylation is 2. The van der Waals surface area contributed by atoms with E-state index in [2.05, 4.69) is 66.1 Å². The quantitative estimate of drug-likeness (QED) is 0.0701. The fourth-order valence-corrected chi connectivity index (χ4v) is 6.73. The van der Waals surface area contributed by atoms with Crippen LogP contribution in [0, 0.1) is 0 Å². The predicted molar refractivity (Wildman–Crippen MR) is 185 cm³/mol. The van der Waals surface area contributed by atoms with E-state index in [9.17, 15) is 0 Å². The van der Waals surface area contributed by atoms with Crippen molar-refractivity contribution in [1.82, 2.24) is 4.98 Å². The fraction of sp³-hybridized carbons (Fsp3) is 0.775. The predicted octanol–water partition coefficient (Wildman–Crippen LogP) is 12.8. The highest BCUT2D eigenvalue weighted by Gasteiger charge is 2.22. The van der Waals surface area contributed by atoms with Crippen LogP contribution in [0.5, 0.6) is 0 Å². The largest absolute Gasteiger partial charge is 0.257 e. The van der Waals surface area contributed by atoms with Crippen molar-refractivity contribution in [2.45, 2.75) is 200 Å². The molecule has 1 aromatic carbocycles. The molecule has 0 radical (unpaired) electrons. The van der Waals surface area contributed by atoms with Gasteiger partial charge in [-0.3, -0.25) is 0 Å². The third kappa shape index (κ3) is 18.9. The van der Waals surface area contributed by atoms with Crippen LogP contribution in [0.1, 0.15) is 198 Å².